The van der Waals surface area contributed by atoms with E-state index in [4.69, 9.17) is 4.74 Å². The van der Waals surface area contributed by atoms with Gasteiger partial charge in [0, 0.05) is 18.2 Å². The predicted octanol–water partition coefficient (Wildman–Crippen LogP) is 4.14. The van der Waals surface area contributed by atoms with Gasteiger partial charge >= 0.3 is 0 Å². The summed E-state index contributed by atoms with van der Waals surface area (Å²) in [5.41, 5.74) is 3.79. The zero-order valence-electron chi connectivity index (χ0n) is 13.3. The van der Waals surface area contributed by atoms with Crippen LogP contribution >= 0.6 is 0 Å². The highest BCUT2D eigenvalue weighted by Crippen LogP contribution is 2.34. The number of rotatable bonds is 3. The summed E-state index contributed by atoms with van der Waals surface area (Å²) in [6.45, 7) is 2.61. The average Bonchev–Trinajstić information content (AvgIpc) is 3.22. The van der Waals surface area contributed by atoms with Crippen LogP contribution < -0.4 is 0 Å². The fraction of sp³-hybridized carbons (Fsp3) is 0.263. The van der Waals surface area contributed by atoms with Gasteiger partial charge in [-0.05, 0) is 43.5 Å². The van der Waals surface area contributed by atoms with Crippen LogP contribution in [0.3, 0.4) is 0 Å². The molecule has 0 amide bonds. The molecule has 1 aliphatic rings. The van der Waals surface area contributed by atoms with Crippen molar-refractivity contribution in [3.63, 3.8) is 0 Å². The van der Waals surface area contributed by atoms with Crippen LogP contribution in [0.1, 0.15) is 40.7 Å². The van der Waals surface area contributed by atoms with E-state index < -0.39 is 0 Å². The number of benzene rings is 2. The molecule has 1 atom stereocenters. The minimum absolute atomic E-state index is 0.111. The average molecular weight is 324 g/mol. The lowest BCUT2D eigenvalue weighted by Gasteiger charge is -2.16. The smallest absolute Gasteiger partial charge is 0.150 e. The first-order valence-corrected chi connectivity index (χ1v) is 8.03. The largest absolute Gasteiger partial charge is 0.370 e. The number of halogens is 1. The number of nitrogens with zero attached hydrogens (tertiary/aromatic N) is 2. The van der Waals surface area contributed by atoms with Gasteiger partial charge in [-0.2, -0.15) is 0 Å². The number of ether oxygens (including phenoxy) is 1. The summed E-state index contributed by atoms with van der Waals surface area (Å²) in [6.07, 6.45) is 2.61. The molecule has 0 N–H and O–H groups in total. The number of hydrogen-bond donors (Lipinski definition) is 0. The summed E-state index contributed by atoms with van der Waals surface area (Å²) < 4.78 is 21.4. The number of hydrogen-bond acceptors (Lipinski definition) is 3. The Morgan fingerprint density at radius 3 is 2.96 bits per heavy atom. The maximum atomic E-state index is 13.6. The lowest BCUT2D eigenvalue weighted by Crippen LogP contribution is -2.09. The maximum Gasteiger partial charge on any atom is 0.150 e. The second kappa shape index (κ2) is 5.83. The SMILES string of the molecule is Cc1c(C=O)cccc1-n1c(C2CCCO2)nc2cc(F)ccc21. The van der Waals surface area contributed by atoms with Gasteiger partial charge in [-0.3, -0.25) is 9.36 Å². The number of fused-ring (bicyclic) bond motifs is 1. The van der Waals surface area contributed by atoms with E-state index in [2.05, 4.69) is 4.98 Å². The minimum atomic E-state index is -0.315. The van der Waals surface area contributed by atoms with Gasteiger partial charge < -0.3 is 4.74 Å². The van der Waals surface area contributed by atoms with Gasteiger partial charge in [-0.1, -0.05) is 12.1 Å². The Labute approximate surface area is 138 Å². The van der Waals surface area contributed by atoms with Gasteiger partial charge in [-0.25, -0.2) is 9.37 Å². The lowest BCUT2D eigenvalue weighted by atomic mass is 10.1. The first-order valence-electron chi connectivity index (χ1n) is 8.03. The zero-order chi connectivity index (χ0) is 16.7. The molecule has 0 spiro atoms. The molecule has 0 radical (unpaired) electrons. The Morgan fingerprint density at radius 1 is 1.33 bits per heavy atom. The van der Waals surface area contributed by atoms with Crippen molar-refractivity contribution in [2.45, 2.75) is 25.9 Å². The number of aldehydes is 1. The Balaban J connectivity index is 2.02. The molecular weight excluding hydrogens is 307 g/mol. The summed E-state index contributed by atoms with van der Waals surface area (Å²) in [7, 11) is 0. The first-order chi connectivity index (χ1) is 11.7. The van der Waals surface area contributed by atoms with Crippen LogP contribution in [-0.4, -0.2) is 22.4 Å². The number of imidazole rings is 1. The normalized spacial score (nSPS) is 17.5. The summed E-state index contributed by atoms with van der Waals surface area (Å²) in [5.74, 6) is 0.448. The Kier molecular flexibility index (Phi) is 3.65. The third kappa shape index (κ3) is 2.32. The van der Waals surface area contributed by atoms with Crippen LogP contribution in [0.2, 0.25) is 0 Å². The quantitative estimate of drug-likeness (QED) is 0.680. The molecule has 2 aromatic carbocycles. The topological polar surface area (TPSA) is 44.1 Å². The molecule has 122 valence electrons. The Morgan fingerprint density at radius 2 is 2.21 bits per heavy atom. The van der Waals surface area contributed by atoms with Gasteiger partial charge in [0.15, 0.2) is 0 Å². The van der Waals surface area contributed by atoms with Crippen LogP contribution in [0.25, 0.3) is 16.7 Å². The Bertz CT molecular complexity index is 927. The van der Waals surface area contributed by atoms with Crippen LogP contribution in [0, 0.1) is 12.7 Å². The molecule has 1 fully saturated rings. The molecular formula is C19H17FN2O2. The first kappa shape index (κ1) is 15.0. The van der Waals surface area contributed by atoms with Gasteiger partial charge in [0.1, 0.15) is 24.0 Å². The molecule has 1 aromatic heterocycles. The molecule has 0 bridgehead atoms. The molecule has 24 heavy (non-hydrogen) atoms. The van der Waals surface area contributed by atoms with Crippen molar-refractivity contribution in [1.29, 1.82) is 0 Å². The van der Waals surface area contributed by atoms with Crippen molar-refractivity contribution in [3.8, 4) is 5.69 Å². The highest BCUT2D eigenvalue weighted by Gasteiger charge is 2.26. The molecule has 4 nitrogen and oxygen atoms in total. The standard InChI is InChI=1S/C19H17FN2O2/c1-12-13(11-23)4-2-5-16(12)22-17-8-7-14(20)10-15(17)21-19(22)18-6-3-9-24-18/h2,4-5,7-8,10-11,18H,3,6,9H2,1H3. The lowest BCUT2D eigenvalue weighted by molar-refractivity contribution is 0.104. The van der Waals surface area contributed by atoms with Crippen molar-refractivity contribution in [2.75, 3.05) is 6.61 Å². The van der Waals surface area contributed by atoms with Crippen molar-refractivity contribution < 1.29 is 13.9 Å². The molecule has 4 rings (SSSR count). The van der Waals surface area contributed by atoms with E-state index in [9.17, 15) is 9.18 Å². The van der Waals surface area contributed by atoms with Gasteiger partial charge in [-0.15, -0.1) is 0 Å². The molecule has 1 aliphatic heterocycles. The van der Waals surface area contributed by atoms with Crippen LogP contribution in [0.15, 0.2) is 36.4 Å². The molecule has 5 heteroatoms. The molecule has 3 aromatic rings. The predicted molar refractivity (Wildman–Crippen MR) is 89.1 cm³/mol. The summed E-state index contributed by atoms with van der Waals surface area (Å²) in [6, 6.07) is 10.2. The summed E-state index contributed by atoms with van der Waals surface area (Å²) in [4.78, 5) is 15.9. The number of aromatic nitrogens is 2. The van der Waals surface area contributed by atoms with E-state index >= 15 is 0 Å². The highest BCUT2D eigenvalue weighted by atomic mass is 19.1. The van der Waals surface area contributed by atoms with E-state index in [-0.39, 0.29) is 11.9 Å². The number of carbonyl (C=O) groups excluding carboxylic acids is 1. The molecule has 2 heterocycles. The third-order valence-electron chi connectivity index (χ3n) is 4.58. The third-order valence-corrected chi connectivity index (χ3v) is 4.58. The summed E-state index contributed by atoms with van der Waals surface area (Å²) >= 11 is 0. The van der Waals surface area contributed by atoms with Gasteiger partial charge in [0.05, 0.1) is 16.7 Å². The zero-order valence-corrected chi connectivity index (χ0v) is 13.3. The van der Waals surface area contributed by atoms with E-state index in [0.29, 0.717) is 17.7 Å². The van der Waals surface area contributed by atoms with Crippen LogP contribution in [0.4, 0.5) is 4.39 Å². The Hall–Kier alpha value is -2.53. The van der Waals surface area contributed by atoms with Crippen molar-refractivity contribution >= 4 is 17.3 Å². The minimum Gasteiger partial charge on any atom is -0.370 e. The van der Waals surface area contributed by atoms with Crippen molar-refractivity contribution in [1.82, 2.24) is 9.55 Å². The second-order valence-corrected chi connectivity index (χ2v) is 6.05. The van der Waals surface area contributed by atoms with Gasteiger partial charge in [0.2, 0.25) is 0 Å². The fourth-order valence-electron chi connectivity index (χ4n) is 3.33. The van der Waals surface area contributed by atoms with E-state index in [1.807, 2.05) is 23.6 Å². The maximum absolute atomic E-state index is 13.6. The molecule has 1 saturated heterocycles. The molecule has 0 aliphatic carbocycles. The van der Waals surface area contributed by atoms with Crippen molar-refractivity contribution in [2.24, 2.45) is 0 Å². The monoisotopic (exact) mass is 324 g/mol. The van der Waals surface area contributed by atoms with Gasteiger partial charge in [0.25, 0.3) is 0 Å². The second-order valence-electron chi connectivity index (χ2n) is 6.05. The van der Waals surface area contributed by atoms with Crippen LogP contribution in [-0.2, 0) is 4.74 Å². The van der Waals surface area contributed by atoms with Crippen molar-refractivity contribution in [3.05, 3.63) is 59.2 Å². The molecule has 0 saturated carbocycles. The van der Waals surface area contributed by atoms with E-state index in [1.54, 1.807) is 12.1 Å². The van der Waals surface area contributed by atoms with E-state index in [0.717, 1.165) is 41.7 Å². The molecule has 1 unspecified atom stereocenters. The highest BCUT2D eigenvalue weighted by molar-refractivity contribution is 5.82. The van der Waals surface area contributed by atoms with E-state index in [1.165, 1.54) is 12.1 Å². The summed E-state index contributed by atoms with van der Waals surface area (Å²) in [5, 5.41) is 0. The number of carbonyl (C=O) groups is 1. The van der Waals surface area contributed by atoms with Crippen LogP contribution in [0.5, 0.6) is 0 Å². The fourth-order valence-corrected chi connectivity index (χ4v) is 3.33.